The van der Waals surface area contributed by atoms with E-state index >= 15 is 0 Å². The number of nitrogens with one attached hydrogen (secondary N) is 1. The molecule has 1 heterocycles. The minimum atomic E-state index is -1.40. The molecule has 1 N–H and O–H groups in total. The predicted molar refractivity (Wildman–Crippen MR) is 58.0 cm³/mol. The Morgan fingerprint density at radius 1 is 1.28 bits per heavy atom. The van der Waals surface area contributed by atoms with E-state index < -0.39 is 29.0 Å². The number of carbonyl (C=O) groups excluding carboxylic acids is 1. The van der Waals surface area contributed by atoms with E-state index in [9.17, 15) is 18.0 Å². The summed E-state index contributed by atoms with van der Waals surface area (Å²) in [5, 5.41) is 1.79. The summed E-state index contributed by atoms with van der Waals surface area (Å²) in [7, 11) is 0. The predicted octanol–water partition coefficient (Wildman–Crippen LogP) is 3.60. The molecule has 18 heavy (non-hydrogen) atoms. The lowest BCUT2D eigenvalue weighted by Gasteiger charge is -2.06. The molecule has 0 fully saturated rings. The van der Waals surface area contributed by atoms with Crippen LogP contribution in [0.1, 0.15) is 10.4 Å². The zero-order valence-electron chi connectivity index (χ0n) is 8.64. The molecule has 0 saturated heterocycles. The van der Waals surface area contributed by atoms with Crippen LogP contribution in [0.15, 0.2) is 28.9 Å². The van der Waals surface area contributed by atoms with Gasteiger partial charge in [0.2, 0.25) is 5.22 Å². The summed E-state index contributed by atoms with van der Waals surface area (Å²) in [6.45, 7) is 0. The fourth-order valence-electron chi connectivity index (χ4n) is 1.29. The molecule has 0 unspecified atom stereocenters. The molecule has 7 heteroatoms. The van der Waals surface area contributed by atoms with Crippen LogP contribution in [0.5, 0.6) is 0 Å². The van der Waals surface area contributed by atoms with E-state index in [0.29, 0.717) is 12.1 Å². The highest BCUT2D eigenvalue weighted by Gasteiger charge is 2.17. The number of furan rings is 1. The van der Waals surface area contributed by atoms with Gasteiger partial charge in [0.1, 0.15) is 5.82 Å². The SMILES string of the molecule is O=C(Nc1cc(F)cc(F)c1F)c1ccoc1Cl. The molecule has 0 atom stereocenters. The van der Waals surface area contributed by atoms with Crippen LogP contribution in [0.25, 0.3) is 0 Å². The van der Waals surface area contributed by atoms with Crippen LogP contribution in [0.4, 0.5) is 18.9 Å². The number of hydrogen-bond acceptors (Lipinski definition) is 2. The zero-order valence-corrected chi connectivity index (χ0v) is 9.39. The zero-order chi connectivity index (χ0) is 13.3. The van der Waals surface area contributed by atoms with Crippen LogP contribution in [-0.2, 0) is 0 Å². The van der Waals surface area contributed by atoms with Crippen molar-refractivity contribution in [3.63, 3.8) is 0 Å². The largest absolute Gasteiger partial charge is 0.452 e. The van der Waals surface area contributed by atoms with Crippen molar-refractivity contribution >= 4 is 23.2 Å². The summed E-state index contributed by atoms with van der Waals surface area (Å²) in [5.74, 6) is -4.60. The number of anilines is 1. The fraction of sp³-hybridized carbons (Fsp3) is 0. The summed E-state index contributed by atoms with van der Waals surface area (Å²) < 4.78 is 43.7. The first-order valence-corrected chi connectivity index (χ1v) is 5.05. The van der Waals surface area contributed by atoms with Gasteiger partial charge in [-0.25, -0.2) is 13.2 Å². The van der Waals surface area contributed by atoms with Gasteiger partial charge < -0.3 is 9.73 Å². The first-order valence-electron chi connectivity index (χ1n) is 4.68. The van der Waals surface area contributed by atoms with Gasteiger partial charge >= 0.3 is 0 Å². The van der Waals surface area contributed by atoms with Gasteiger partial charge in [0, 0.05) is 12.1 Å². The molecule has 0 saturated carbocycles. The smallest absolute Gasteiger partial charge is 0.260 e. The highest BCUT2D eigenvalue weighted by molar-refractivity contribution is 6.32. The molecule has 1 aromatic carbocycles. The monoisotopic (exact) mass is 275 g/mol. The maximum absolute atomic E-state index is 13.3. The second kappa shape index (κ2) is 4.73. The molecule has 0 aliphatic carbocycles. The Hall–Kier alpha value is -1.95. The Morgan fingerprint density at radius 2 is 2.00 bits per heavy atom. The van der Waals surface area contributed by atoms with Crippen molar-refractivity contribution in [3.05, 3.63) is 52.7 Å². The van der Waals surface area contributed by atoms with Gasteiger partial charge in [-0.15, -0.1) is 0 Å². The Kier molecular flexibility index (Phi) is 3.29. The van der Waals surface area contributed by atoms with E-state index in [1.807, 2.05) is 5.32 Å². The van der Waals surface area contributed by atoms with Gasteiger partial charge in [-0.2, -0.15) is 0 Å². The van der Waals surface area contributed by atoms with E-state index in [2.05, 4.69) is 4.42 Å². The van der Waals surface area contributed by atoms with Crippen molar-refractivity contribution in [2.75, 3.05) is 5.32 Å². The highest BCUT2D eigenvalue weighted by Crippen LogP contribution is 2.22. The average molecular weight is 276 g/mol. The molecule has 0 spiro atoms. The number of carbonyl (C=O) groups is 1. The molecule has 0 aliphatic rings. The van der Waals surface area contributed by atoms with Crippen molar-refractivity contribution in [2.24, 2.45) is 0 Å². The molecule has 0 bridgehead atoms. The van der Waals surface area contributed by atoms with Crippen LogP contribution in [0, 0.1) is 17.5 Å². The van der Waals surface area contributed by atoms with E-state index in [-0.39, 0.29) is 10.8 Å². The van der Waals surface area contributed by atoms with Gasteiger partial charge in [-0.3, -0.25) is 4.79 Å². The molecule has 0 aliphatic heterocycles. The third kappa shape index (κ3) is 2.33. The molecule has 2 aromatic rings. The maximum Gasteiger partial charge on any atom is 0.260 e. The van der Waals surface area contributed by atoms with Gasteiger partial charge in [-0.1, -0.05) is 0 Å². The Bertz CT molecular complexity index is 612. The molecule has 2 rings (SSSR count). The molecule has 3 nitrogen and oxygen atoms in total. The number of halogens is 4. The molecular weight excluding hydrogens is 271 g/mol. The standard InChI is InChI=1S/C11H5ClF3NO2/c12-10-6(1-2-18-10)11(17)16-8-4-5(13)3-7(14)9(8)15/h1-4H,(H,16,17). The fourth-order valence-corrected chi connectivity index (χ4v) is 1.49. The van der Waals surface area contributed by atoms with Gasteiger partial charge in [0.25, 0.3) is 5.91 Å². The van der Waals surface area contributed by atoms with Crippen LogP contribution >= 0.6 is 11.6 Å². The van der Waals surface area contributed by atoms with Crippen molar-refractivity contribution < 1.29 is 22.4 Å². The number of hydrogen-bond donors (Lipinski definition) is 1. The van der Waals surface area contributed by atoms with E-state index in [4.69, 9.17) is 11.6 Å². The molecule has 1 aromatic heterocycles. The van der Waals surface area contributed by atoms with Crippen molar-refractivity contribution in [1.29, 1.82) is 0 Å². The summed E-state index contributed by atoms with van der Waals surface area (Å²) in [5.41, 5.74) is -0.685. The normalized spacial score (nSPS) is 10.4. The quantitative estimate of drug-likeness (QED) is 0.851. The Morgan fingerprint density at radius 3 is 2.61 bits per heavy atom. The average Bonchev–Trinajstić information content (AvgIpc) is 2.71. The maximum atomic E-state index is 13.3. The summed E-state index contributed by atoms with van der Waals surface area (Å²) >= 11 is 5.53. The number of amides is 1. The van der Waals surface area contributed by atoms with Crippen LogP contribution < -0.4 is 5.32 Å². The van der Waals surface area contributed by atoms with Crippen molar-refractivity contribution in [1.82, 2.24) is 0 Å². The van der Waals surface area contributed by atoms with E-state index in [0.717, 1.165) is 6.26 Å². The molecule has 94 valence electrons. The third-order valence-electron chi connectivity index (χ3n) is 2.10. The number of rotatable bonds is 2. The minimum absolute atomic E-state index is 0.0688. The van der Waals surface area contributed by atoms with Gasteiger partial charge in [0.15, 0.2) is 11.6 Å². The van der Waals surface area contributed by atoms with Crippen molar-refractivity contribution in [3.8, 4) is 0 Å². The van der Waals surface area contributed by atoms with Crippen LogP contribution in [0.3, 0.4) is 0 Å². The molecule has 0 radical (unpaired) electrons. The van der Waals surface area contributed by atoms with E-state index in [1.165, 1.54) is 6.07 Å². The molecule has 1 amide bonds. The number of benzene rings is 1. The lowest BCUT2D eigenvalue weighted by molar-refractivity contribution is 0.102. The second-order valence-electron chi connectivity index (χ2n) is 3.31. The Balaban J connectivity index is 2.30. The topological polar surface area (TPSA) is 42.2 Å². The summed E-state index contributed by atoms with van der Waals surface area (Å²) in [6.07, 6.45) is 1.15. The van der Waals surface area contributed by atoms with Crippen molar-refractivity contribution in [2.45, 2.75) is 0 Å². The highest BCUT2D eigenvalue weighted by atomic mass is 35.5. The first kappa shape index (κ1) is 12.5. The van der Waals surface area contributed by atoms with Crippen LogP contribution in [0.2, 0.25) is 5.22 Å². The van der Waals surface area contributed by atoms with Crippen LogP contribution in [-0.4, -0.2) is 5.91 Å². The van der Waals surface area contributed by atoms with Gasteiger partial charge in [-0.05, 0) is 17.7 Å². The Labute approximate surface area is 104 Å². The van der Waals surface area contributed by atoms with Gasteiger partial charge in [0.05, 0.1) is 17.5 Å². The first-order chi connectivity index (χ1) is 8.49. The second-order valence-corrected chi connectivity index (χ2v) is 3.65. The van der Waals surface area contributed by atoms with E-state index in [1.54, 1.807) is 0 Å². The minimum Gasteiger partial charge on any atom is -0.452 e. The summed E-state index contributed by atoms with van der Waals surface area (Å²) in [4.78, 5) is 11.6. The third-order valence-corrected chi connectivity index (χ3v) is 2.40. The molecular formula is C11H5ClF3NO2. The summed E-state index contributed by atoms with van der Waals surface area (Å²) in [6, 6.07) is 2.27. The lowest BCUT2D eigenvalue weighted by Crippen LogP contribution is -2.13. The lowest BCUT2D eigenvalue weighted by atomic mass is 10.2.